The highest BCUT2D eigenvalue weighted by Crippen LogP contribution is 2.26. The van der Waals surface area contributed by atoms with Crippen LogP contribution in [0.5, 0.6) is 0 Å². The Morgan fingerprint density at radius 1 is 1.48 bits per heavy atom. The Kier molecular flexibility index (Phi) is 5.09. The quantitative estimate of drug-likeness (QED) is 0.482. The topological polar surface area (TPSA) is 85.7 Å². The van der Waals surface area contributed by atoms with Crippen molar-refractivity contribution in [2.45, 2.75) is 31.6 Å². The summed E-state index contributed by atoms with van der Waals surface area (Å²) in [5.41, 5.74) is 0.858. The lowest BCUT2D eigenvalue weighted by atomic mass is 10.1. The van der Waals surface area contributed by atoms with Crippen LogP contribution in [-0.4, -0.2) is 54.0 Å². The Morgan fingerprint density at radius 3 is 2.65 bits per heavy atom. The summed E-state index contributed by atoms with van der Waals surface area (Å²) < 4.78 is 29.9. The molecule has 0 saturated heterocycles. The highest BCUT2D eigenvalue weighted by molar-refractivity contribution is 14.1. The monoisotopic (exact) mass is 454 g/mol. The highest BCUT2D eigenvalue weighted by atomic mass is 127. The fraction of sp³-hybridized carbons (Fsp3) is 0.571. The van der Waals surface area contributed by atoms with Gasteiger partial charge >= 0.3 is 12.0 Å². The van der Waals surface area contributed by atoms with Crippen molar-refractivity contribution in [2.75, 3.05) is 19.4 Å². The standard InChI is InChI=1S/C14H19IN2O5S/c1-4-22-12(18)14(2,23(3,20)21)5-6-16-9-11-7-10(15)8-17(11)13(16)19/h7-8H,4-6,9H2,1-3H3/t14-/m1/s1. The molecule has 0 unspecified atom stereocenters. The average molecular weight is 454 g/mol. The van der Waals surface area contributed by atoms with Crippen molar-refractivity contribution < 1.29 is 22.7 Å². The maximum Gasteiger partial charge on any atom is 0.328 e. The number of fused-ring (bicyclic) bond motifs is 1. The highest BCUT2D eigenvalue weighted by Gasteiger charge is 2.45. The van der Waals surface area contributed by atoms with Gasteiger partial charge in [0.2, 0.25) is 0 Å². The van der Waals surface area contributed by atoms with Gasteiger partial charge in [0.25, 0.3) is 0 Å². The van der Waals surface area contributed by atoms with Gasteiger partial charge in [-0.15, -0.1) is 0 Å². The molecule has 7 nitrogen and oxygen atoms in total. The lowest BCUT2D eigenvalue weighted by molar-refractivity contribution is -0.146. The van der Waals surface area contributed by atoms with E-state index in [1.54, 1.807) is 17.7 Å². The van der Waals surface area contributed by atoms with E-state index in [4.69, 9.17) is 4.74 Å². The Bertz CT molecular complexity index is 742. The van der Waals surface area contributed by atoms with E-state index in [-0.39, 0.29) is 25.6 Å². The van der Waals surface area contributed by atoms with Crippen LogP contribution in [0, 0.1) is 3.57 Å². The second-order valence-corrected chi connectivity index (χ2v) is 9.39. The van der Waals surface area contributed by atoms with Crippen molar-refractivity contribution >= 4 is 44.4 Å². The van der Waals surface area contributed by atoms with Gasteiger partial charge in [-0.25, -0.2) is 13.2 Å². The van der Waals surface area contributed by atoms with Gasteiger partial charge in [0.05, 0.1) is 13.2 Å². The largest absolute Gasteiger partial charge is 0.465 e. The molecule has 1 amide bonds. The minimum Gasteiger partial charge on any atom is -0.465 e. The number of hydrogen-bond acceptors (Lipinski definition) is 5. The van der Waals surface area contributed by atoms with E-state index in [1.807, 2.05) is 6.07 Å². The summed E-state index contributed by atoms with van der Waals surface area (Å²) in [5, 5.41) is 0. The molecule has 9 heteroatoms. The Morgan fingerprint density at radius 2 is 2.13 bits per heavy atom. The van der Waals surface area contributed by atoms with E-state index in [9.17, 15) is 18.0 Å². The van der Waals surface area contributed by atoms with Gasteiger partial charge in [-0.2, -0.15) is 0 Å². The molecule has 1 atom stereocenters. The van der Waals surface area contributed by atoms with Crippen molar-refractivity contribution in [1.82, 2.24) is 9.47 Å². The van der Waals surface area contributed by atoms with Crippen LogP contribution in [0.3, 0.4) is 0 Å². The molecule has 1 aromatic heterocycles. The zero-order valence-electron chi connectivity index (χ0n) is 13.2. The molecule has 0 aliphatic carbocycles. The average Bonchev–Trinajstić information content (AvgIpc) is 2.93. The molecule has 0 radical (unpaired) electrons. The van der Waals surface area contributed by atoms with Crippen LogP contribution in [-0.2, 0) is 25.9 Å². The lowest BCUT2D eigenvalue weighted by Crippen LogP contribution is -2.47. The van der Waals surface area contributed by atoms with E-state index in [1.165, 1.54) is 11.8 Å². The number of aromatic nitrogens is 1. The molecule has 1 aliphatic heterocycles. The minimum atomic E-state index is -3.68. The number of rotatable bonds is 6. The zero-order chi connectivity index (χ0) is 17.4. The fourth-order valence-corrected chi connectivity index (χ4v) is 3.89. The van der Waals surface area contributed by atoms with Crippen LogP contribution >= 0.6 is 22.6 Å². The third-order valence-electron chi connectivity index (χ3n) is 4.08. The number of amides is 1. The summed E-state index contributed by atoms with van der Waals surface area (Å²) in [6, 6.07) is 1.70. The predicted molar refractivity (Wildman–Crippen MR) is 92.9 cm³/mol. The molecule has 0 bridgehead atoms. The number of halogens is 1. The summed E-state index contributed by atoms with van der Waals surface area (Å²) in [7, 11) is -3.68. The Balaban J connectivity index is 2.13. The molecule has 1 aromatic rings. The molecule has 128 valence electrons. The van der Waals surface area contributed by atoms with Crippen LogP contribution in [0.4, 0.5) is 4.79 Å². The summed E-state index contributed by atoms with van der Waals surface area (Å²) in [5.74, 6) is -0.775. The molecule has 0 fully saturated rings. The van der Waals surface area contributed by atoms with Crippen molar-refractivity contribution in [3.63, 3.8) is 0 Å². The molecular weight excluding hydrogens is 435 g/mol. The summed E-state index contributed by atoms with van der Waals surface area (Å²) in [6.45, 7) is 3.66. The first-order valence-electron chi connectivity index (χ1n) is 7.13. The first-order valence-corrected chi connectivity index (χ1v) is 10.1. The molecule has 23 heavy (non-hydrogen) atoms. The molecular formula is C14H19IN2O5S. The van der Waals surface area contributed by atoms with Crippen LogP contribution in [0.25, 0.3) is 0 Å². The van der Waals surface area contributed by atoms with Crippen LogP contribution in [0.2, 0.25) is 0 Å². The van der Waals surface area contributed by atoms with Crippen LogP contribution in [0.15, 0.2) is 12.3 Å². The number of hydrogen-bond donors (Lipinski definition) is 0. The van der Waals surface area contributed by atoms with Crippen LogP contribution in [0.1, 0.15) is 26.0 Å². The third-order valence-corrected chi connectivity index (χ3v) is 6.68. The maximum atomic E-state index is 12.3. The van der Waals surface area contributed by atoms with Gasteiger partial charge in [-0.3, -0.25) is 9.36 Å². The summed E-state index contributed by atoms with van der Waals surface area (Å²) in [6.07, 6.45) is 2.75. The molecule has 0 N–H and O–H groups in total. The number of carbonyl (C=O) groups is 2. The summed E-state index contributed by atoms with van der Waals surface area (Å²) in [4.78, 5) is 25.9. The molecule has 0 aromatic carbocycles. The molecule has 2 rings (SSSR count). The van der Waals surface area contributed by atoms with Gasteiger partial charge in [-0.1, -0.05) is 0 Å². The van der Waals surface area contributed by atoms with Gasteiger partial charge in [0.15, 0.2) is 14.6 Å². The van der Waals surface area contributed by atoms with E-state index < -0.39 is 20.6 Å². The van der Waals surface area contributed by atoms with E-state index in [2.05, 4.69) is 22.6 Å². The number of nitrogens with zero attached hydrogens (tertiary/aromatic N) is 2. The second kappa shape index (κ2) is 6.42. The van der Waals surface area contributed by atoms with Gasteiger partial charge in [0, 0.05) is 28.3 Å². The Hall–Kier alpha value is -1.10. The number of ether oxygens (including phenoxy) is 1. The van der Waals surface area contributed by atoms with Crippen molar-refractivity contribution in [3.05, 3.63) is 21.5 Å². The fourth-order valence-electron chi connectivity index (χ4n) is 2.43. The SMILES string of the molecule is CCOC(=O)[C@@](C)(CCN1Cc2cc(I)cn2C1=O)S(C)(=O)=O. The third kappa shape index (κ3) is 3.39. The molecule has 1 aliphatic rings. The number of esters is 1. The van der Waals surface area contributed by atoms with Gasteiger partial charge < -0.3 is 9.64 Å². The molecule has 0 spiro atoms. The first-order chi connectivity index (χ1) is 10.6. The van der Waals surface area contributed by atoms with Gasteiger partial charge in [0.1, 0.15) is 0 Å². The maximum absolute atomic E-state index is 12.3. The smallest absolute Gasteiger partial charge is 0.328 e. The van der Waals surface area contributed by atoms with Crippen molar-refractivity contribution in [2.24, 2.45) is 0 Å². The van der Waals surface area contributed by atoms with E-state index in [0.29, 0.717) is 6.54 Å². The Labute approximate surface area is 149 Å². The molecule has 2 heterocycles. The number of carbonyl (C=O) groups excluding carboxylic acids is 2. The normalized spacial score (nSPS) is 17.0. The first kappa shape index (κ1) is 18.2. The summed E-state index contributed by atoms with van der Waals surface area (Å²) >= 11 is 2.13. The second-order valence-electron chi connectivity index (χ2n) is 5.70. The van der Waals surface area contributed by atoms with Crippen molar-refractivity contribution in [3.8, 4) is 0 Å². The van der Waals surface area contributed by atoms with Crippen molar-refractivity contribution in [1.29, 1.82) is 0 Å². The molecule has 0 saturated carbocycles. The van der Waals surface area contributed by atoms with E-state index >= 15 is 0 Å². The van der Waals surface area contributed by atoms with Crippen LogP contribution < -0.4 is 0 Å². The van der Waals surface area contributed by atoms with E-state index in [0.717, 1.165) is 15.5 Å². The zero-order valence-corrected chi connectivity index (χ0v) is 16.2. The van der Waals surface area contributed by atoms with Gasteiger partial charge in [-0.05, 0) is 48.9 Å². The minimum absolute atomic E-state index is 0.00165. The predicted octanol–water partition coefficient (Wildman–Crippen LogP) is 1.63. The number of sulfone groups is 1. The lowest BCUT2D eigenvalue weighted by Gasteiger charge is -2.27.